The van der Waals surface area contributed by atoms with Crippen molar-refractivity contribution in [2.45, 2.75) is 25.7 Å². The van der Waals surface area contributed by atoms with Gasteiger partial charge in [-0.25, -0.2) is 0 Å². The summed E-state index contributed by atoms with van der Waals surface area (Å²) < 4.78 is 0. The highest BCUT2D eigenvalue weighted by Crippen LogP contribution is 2.38. The van der Waals surface area contributed by atoms with E-state index in [4.69, 9.17) is 0 Å². The molecule has 4 heteroatoms. The Morgan fingerprint density at radius 3 is 1.52 bits per heavy atom. The third-order valence-corrected chi connectivity index (χ3v) is 5.13. The van der Waals surface area contributed by atoms with Crippen LogP contribution in [0.3, 0.4) is 0 Å². The fourth-order valence-electron chi connectivity index (χ4n) is 3.38. The normalized spacial score (nSPS) is 21.6. The van der Waals surface area contributed by atoms with Gasteiger partial charge in [-0.3, -0.25) is 14.4 Å². The molecule has 0 spiro atoms. The van der Waals surface area contributed by atoms with Gasteiger partial charge in [0.15, 0.2) is 17.0 Å². The maximum Gasteiger partial charge on any atom is 0.243 e. The highest BCUT2D eigenvalue weighted by atomic mass is 16.2. The predicted molar refractivity (Wildman–Crippen MR) is 95.2 cm³/mol. The van der Waals surface area contributed by atoms with Crippen molar-refractivity contribution in [2.24, 2.45) is 5.41 Å². The second-order valence-electron chi connectivity index (χ2n) is 6.58. The summed E-state index contributed by atoms with van der Waals surface area (Å²) in [6.45, 7) is 3.59. The Kier molecular flexibility index (Phi) is 4.53. The summed E-state index contributed by atoms with van der Waals surface area (Å²) in [5, 5.41) is 2.59. The highest BCUT2D eigenvalue weighted by molar-refractivity contribution is 6.29. The van der Waals surface area contributed by atoms with Crippen LogP contribution >= 0.6 is 0 Å². The molecule has 0 aromatic heterocycles. The van der Waals surface area contributed by atoms with E-state index in [2.05, 4.69) is 5.32 Å². The lowest BCUT2D eigenvalue weighted by atomic mass is 9.65. The minimum Gasteiger partial charge on any atom is -0.353 e. The van der Waals surface area contributed by atoms with Crippen molar-refractivity contribution in [3.05, 3.63) is 71.8 Å². The molecule has 1 fully saturated rings. The SMILES string of the molecule is CC(C(=O)C1(C(=O)C(C)c2ccccc2)CNC1=O)c1ccccc1. The number of carbonyl (C=O) groups excluding carboxylic acids is 3. The second kappa shape index (κ2) is 6.63. The topological polar surface area (TPSA) is 63.2 Å². The number of β-lactam (4-membered cyclic amide) rings is 1. The summed E-state index contributed by atoms with van der Waals surface area (Å²) in [6, 6.07) is 18.5. The third-order valence-electron chi connectivity index (χ3n) is 5.13. The van der Waals surface area contributed by atoms with Crippen LogP contribution in [0.1, 0.15) is 36.8 Å². The van der Waals surface area contributed by atoms with Crippen molar-refractivity contribution < 1.29 is 14.4 Å². The van der Waals surface area contributed by atoms with Crippen molar-refractivity contribution in [1.29, 1.82) is 0 Å². The molecule has 2 aromatic rings. The molecular formula is C21H21NO3. The van der Waals surface area contributed by atoms with Crippen LogP contribution in [0.2, 0.25) is 0 Å². The van der Waals surface area contributed by atoms with Gasteiger partial charge in [0.25, 0.3) is 0 Å². The van der Waals surface area contributed by atoms with Crippen molar-refractivity contribution in [3.8, 4) is 0 Å². The molecule has 3 rings (SSSR count). The summed E-state index contributed by atoms with van der Waals surface area (Å²) in [7, 11) is 0. The summed E-state index contributed by atoms with van der Waals surface area (Å²) in [4.78, 5) is 38.7. The fourth-order valence-corrected chi connectivity index (χ4v) is 3.38. The van der Waals surface area contributed by atoms with Gasteiger partial charge in [-0.15, -0.1) is 0 Å². The monoisotopic (exact) mass is 335 g/mol. The van der Waals surface area contributed by atoms with Gasteiger partial charge in [-0.05, 0) is 11.1 Å². The number of amides is 1. The van der Waals surface area contributed by atoms with Gasteiger partial charge in [0.2, 0.25) is 5.91 Å². The molecule has 1 aliphatic heterocycles. The smallest absolute Gasteiger partial charge is 0.243 e. The van der Waals surface area contributed by atoms with E-state index in [1.165, 1.54) is 0 Å². The molecule has 128 valence electrons. The summed E-state index contributed by atoms with van der Waals surface area (Å²) in [6.07, 6.45) is 0. The average molecular weight is 335 g/mol. The lowest BCUT2D eigenvalue weighted by Gasteiger charge is -2.41. The van der Waals surface area contributed by atoms with E-state index in [0.29, 0.717) is 0 Å². The number of hydrogen-bond donors (Lipinski definition) is 1. The van der Waals surface area contributed by atoms with E-state index < -0.39 is 23.2 Å². The van der Waals surface area contributed by atoms with Crippen LogP contribution < -0.4 is 5.32 Å². The van der Waals surface area contributed by atoms with Crippen LogP contribution in [0.25, 0.3) is 0 Å². The number of rotatable bonds is 6. The van der Waals surface area contributed by atoms with Gasteiger partial charge >= 0.3 is 0 Å². The van der Waals surface area contributed by atoms with E-state index in [9.17, 15) is 14.4 Å². The maximum absolute atomic E-state index is 13.2. The maximum atomic E-state index is 13.2. The van der Waals surface area contributed by atoms with Crippen molar-refractivity contribution >= 4 is 17.5 Å². The van der Waals surface area contributed by atoms with Gasteiger partial charge < -0.3 is 5.32 Å². The van der Waals surface area contributed by atoms with Crippen LogP contribution in [0.15, 0.2) is 60.7 Å². The molecule has 2 aromatic carbocycles. The lowest BCUT2D eigenvalue weighted by molar-refractivity contribution is -0.158. The van der Waals surface area contributed by atoms with E-state index in [0.717, 1.165) is 11.1 Å². The number of carbonyl (C=O) groups is 3. The quantitative estimate of drug-likeness (QED) is 0.652. The first-order chi connectivity index (χ1) is 12.0. The van der Waals surface area contributed by atoms with Gasteiger partial charge in [-0.2, -0.15) is 0 Å². The van der Waals surface area contributed by atoms with Crippen LogP contribution in [0.4, 0.5) is 0 Å². The van der Waals surface area contributed by atoms with Gasteiger partial charge in [0.05, 0.1) is 0 Å². The number of benzene rings is 2. The summed E-state index contributed by atoms with van der Waals surface area (Å²) >= 11 is 0. The van der Waals surface area contributed by atoms with E-state index >= 15 is 0 Å². The molecule has 0 aliphatic carbocycles. The Balaban J connectivity index is 1.93. The van der Waals surface area contributed by atoms with Crippen molar-refractivity contribution in [1.82, 2.24) is 5.32 Å². The number of hydrogen-bond acceptors (Lipinski definition) is 3. The zero-order valence-electron chi connectivity index (χ0n) is 14.4. The molecule has 0 bridgehead atoms. The summed E-state index contributed by atoms with van der Waals surface area (Å²) in [5.41, 5.74) is 0.0447. The van der Waals surface area contributed by atoms with Gasteiger partial charge in [0, 0.05) is 18.4 Å². The molecule has 1 aliphatic rings. The van der Waals surface area contributed by atoms with Gasteiger partial charge in [-0.1, -0.05) is 74.5 Å². The molecule has 1 heterocycles. The molecule has 25 heavy (non-hydrogen) atoms. The van der Waals surface area contributed by atoms with Crippen molar-refractivity contribution in [3.63, 3.8) is 0 Å². The molecule has 2 unspecified atom stereocenters. The van der Waals surface area contributed by atoms with E-state index in [-0.39, 0.29) is 18.1 Å². The molecule has 1 N–H and O–H groups in total. The Labute approximate surface area is 147 Å². The van der Waals surface area contributed by atoms with Crippen LogP contribution in [-0.4, -0.2) is 24.0 Å². The number of ketones is 2. The molecule has 2 atom stereocenters. The summed E-state index contributed by atoms with van der Waals surface area (Å²) in [5.74, 6) is -2.16. The molecule has 0 saturated carbocycles. The molecule has 0 radical (unpaired) electrons. The molecule has 1 amide bonds. The third kappa shape index (κ3) is 2.78. The minimum atomic E-state index is -1.58. The standard InChI is InChI=1S/C21H21NO3/c1-14(16-9-5-3-6-10-16)18(23)21(13-22-20(21)25)19(24)15(2)17-11-7-4-8-12-17/h3-12,14-15H,13H2,1-2H3,(H,22,25). The van der Waals surface area contributed by atoms with Crippen LogP contribution in [-0.2, 0) is 14.4 Å². The lowest BCUT2D eigenvalue weighted by Crippen LogP contribution is -2.68. The zero-order valence-corrected chi connectivity index (χ0v) is 14.4. The number of Topliss-reactive ketones (excluding diaryl/α,β-unsaturated/α-hetero) is 2. The molecule has 4 nitrogen and oxygen atoms in total. The Morgan fingerprint density at radius 2 is 1.24 bits per heavy atom. The minimum absolute atomic E-state index is 0.0812. The van der Waals surface area contributed by atoms with Crippen LogP contribution in [0, 0.1) is 5.41 Å². The Morgan fingerprint density at radius 1 is 0.840 bits per heavy atom. The van der Waals surface area contributed by atoms with E-state index in [1.54, 1.807) is 13.8 Å². The molecule has 1 saturated heterocycles. The number of nitrogens with one attached hydrogen (secondary N) is 1. The molecular weight excluding hydrogens is 314 g/mol. The first kappa shape index (κ1) is 17.1. The van der Waals surface area contributed by atoms with Crippen LogP contribution in [0.5, 0.6) is 0 Å². The average Bonchev–Trinajstić information content (AvgIpc) is 2.67. The zero-order chi connectivity index (χ0) is 18.0. The highest BCUT2D eigenvalue weighted by Gasteiger charge is 2.60. The Bertz CT molecular complexity index is 741. The fraction of sp³-hybridized carbons (Fsp3) is 0.286. The largest absolute Gasteiger partial charge is 0.353 e. The first-order valence-corrected chi connectivity index (χ1v) is 8.45. The van der Waals surface area contributed by atoms with Crippen molar-refractivity contribution in [2.75, 3.05) is 6.54 Å². The Hall–Kier alpha value is -2.75. The second-order valence-corrected chi connectivity index (χ2v) is 6.58. The predicted octanol–water partition coefficient (Wildman–Crippen LogP) is 2.85. The first-order valence-electron chi connectivity index (χ1n) is 8.45. The van der Waals surface area contributed by atoms with Gasteiger partial charge in [0.1, 0.15) is 0 Å². The van der Waals surface area contributed by atoms with E-state index in [1.807, 2.05) is 60.7 Å².